The van der Waals surface area contributed by atoms with E-state index in [4.69, 9.17) is 0 Å². The Kier molecular flexibility index (Phi) is 2.30. The van der Waals surface area contributed by atoms with Gasteiger partial charge in [0.05, 0.1) is 12.2 Å². The van der Waals surface area contributed by atoms with Gasteiger partial charge in [-0.2, -0.15) is 0 Å². The van der Waals surface area contributed by atoms with Crippen LogP contribution in [0, 0.1) is 0 Å². The molecule has 2 bridgehead atoms. The highest BCUT2D eigenvalue weighted by Gasteiger charge is 2.48. The first-order valence-electron chi connectivity index (χ1n) is 6.86. The monoisotopic (exact) mass is 253 g/mol. The zero-order chi connectivity index (χ0) is 12.9. The summed E-state index contributed by atoms with van der Waals surface area (Å²) in [5.74, 6) is 0. The van der Waals surface area contributed by atoms with E-state index in [9.17, 15) is 4.39 Å². The average molecular weight is 253 g/mol. The zero-order valence-corrected chi connectivity index (χ0v) is 10.7. The highest BCUT2D eigenvalue weighted by Crippen LogP contribution is 2.50. The van der Waals surface area contributed by atoms with E-state index in [-0.39, 0.29) is 12.2 Å². The van der Waals surface area contributed by atoms with Crippen molar-refractivity contribution in [3.8, 4) is 0 Å². The van der Waals surface area contributed by atoms with E-state index in [1.54, 1.807) is 0 Å². The number of nitrogens with one attached hydrogen (secondary N) is 1. The van der Waals surface area contributed by atoms with Crippen LogP contribution in [0.2, 0.25) is 0 Å². The van der Waals surface area contributed by atoms with Crippen molar-refractivity contribution in [1.29, 1.82) is 0 Å². The van der Waals surface area contributed by atoms with Gasteiger partial charge >= 0.3 is 0 Å². The Morgan fingerprint density at radius 3 is 2.63 bits per heavy atom. The van der Waals surface area contributed by atoms with Gasteiger partial charge in [-0.1, -0.05) is 48.5 Å². The quantitative estimate of drug-likeness (QED) is 0.864. The Morgan fingerprint density at radius 2 is 1.79 bits per heavy atom. The maximum absolute atomic E-state index is 13.2. The molecule has 19 heavy (non-hydrogen) atoms. The number of hydrogen-bond donors (Lipinski definition) is 1. The van der Waals surface area contributed by atoms with Crippen LogP contribution in [-0.2, 0) is 12.0 Å². The molecule has 2 aliphatic heterocycles. The van der Waals surface area contributed by atoms with Crippen LogP contribution in [0.1, 0.15) is 34.7 Å². The second kappa shape index (κ2) is 3.91. The average Bonchev–Trinajstić information content (AvgIpc) is 2.71. The van der Waals surface area contributed by atoms with E-state index in [1.165, 1.54) is 22.3 Å². The number of hydrogen-bond acceptors (Lipinski definition) is 1. The smallest absolute Gasteiger partial charge is 0.0918 e. The van der Waals surface area contributed by atoms with E-state index >= 15 is 0 Å². The Labute approximate surface area is 112 Å². The maximum atomic E-state index is 13.2. The molecule has 0 saturated carbocycles. The summed E-state index contributed by atoms with van der Waals surface area (Å²) < 4.78 is 13.2. The predicted molar refractivity (Wildman–Crippen MR) is 73.8 cm³/mol. The molecule has 2 atom stereocenters. The van der Waals surface area contributed by atoms with Gasteiger partial charge in [0.15, 0.2) is 0 Å². The minimum atomic E-state index is -0.315. The van der Waals surface area contributed by atoms with Crippen molar-refractivity contribution in [3.05, 3.63) is 70.8 Å². The summed E-state index contributed by atoms with van der Waals surface area (Å²) >= 11 is 0. The molecule has 2 aromatic rings. The Hall–Kier alpha value is -1.67. The van der Waals surface area contributed by atoms with E-state index in [1.807, 2.05) is 0 Å². The lowest BCUT2D eigenvalue weighted by Gasteiger charge is -2.37. The fraction of sp³-hybridized carbons (Fsp3) is 0.294. The van der Waals surface area contributed by atoms with Crippen molar-refractivity contribution in [2.75, 3.05) is 6.67 Å². The SMILES string of the molecule is FCC[C@@]12N[C@@H](Cc3ccccc31)c1ccccc12. The molecule has 0 saturated heterocycles. The molecular weight excluding hydrogens is 237 g/mol. The van der Waals surface area contributed by atoms with Gasteiger partial charge in [-0.05, 0) is 28.7 Å². The topological polar surface area (TPSA) is 12.0 Å². The van der Waals surface area contributed by atoms with Gasteiger partial charge in [-0.25, -0.2) is 0 Å². The highest BCUT2D eigenvalue weighted by atomic mass is 19.1. The lowest BCUT2D eigenvalue weighted by molar-refractivity contribution is 0.301. The summed E-state index contributed by atoms with van der Waals surface area (Å²) in [5, 5.41) is 3.69. The first-order valence-corrected chi connectivity index (χ1v) is 6.86. The van der Waals surface area contributed by atoms with Crippen LogP contribution in [0.25, 0.3) is 0 Å². The van der Waals surface area contributed by atoms with Crippen LogP contribution < -0.4 is 5.32 Å². The Bertz CT molecular complexity index is 624. The van der Waals surface area contributed by atoms with Crippen molar-refractivity contribution in [2.24, 2.45) is 0 Å². The molecule has 0 spiro atoms. The van der Waals surface area contributed by atoms with E-state index in [2.05, 4.69) is 53.8 Å². The van der Waals surface area contributed by atoms with Gasteiger partial charge in [0.2, 0.25) is 0 Å². The molecule has 2 heteroatoms. The normalized spacial score (nSPS) is 26.9. The van der Waals surface area contributed by atoms with Gasteiger partial charge in [-0.15, -0.1) is 0 Å². The fourth-order valence-corrected chi connectivity index (χ4v) is 3.84. The molecule has 0 aromatic heterocycles. The summed E-state index contributed by atoms with van der Waals surface area (Å²) in [4.78, 5) is 0. The second-order valence-electron chi connectivity index (χ2n) is 5.49. The van der Waals surface area contributed by atoms with Gasteiger partial charge in [-0.3, -0.25) is 9.71 Å². The molecule has 1 N–H and O–H groups in total. The van der Waals surface area contributed by atoms with Crippen LogP contribution in [0.5, 0.6) is 0 Å². The molecular formula is C17H16FN. The van der Waals surface area contributed by atoms with Crippen molar-refractivity contribution >= 4 is 0 Å². The zero-order valence-electron chi connectivity index (χ0n) is 10.7. The number of fused-ring (bicyclic) bond motifs is 7. The van der Waals surface area contributed by atoms with E-state index < -0.39 is 0 Å². The van der Waals surface area contributed by atoms with Gasteiger partial charge in [0, 0.05) is 12.5 Å². The molecule has 1 nitrogen and oxygen atoms in total. The molecule has 0 fully saturated rings. The molecule has 96 valence electrons. The third-order valence-corrected chi connectivity index (χ3v) is 4.59. The number of benzene rings is 2. The Balaban J connectivity index is 2.01. The van der Waals surface area contributed by atoms with Crippen molar-refractivity contribution in [1.82, 2.24) is 5.32 Å². The van der Waals surface area contributed by atoms with E-state index in [0.29, 0.717) is 12.5 Å². The molecule has 2 aromatic carbocycles. The van der Waals surface area contributed by atoms with Gasteiger partial charge in [0.1, 0.15) is 0 Å². The Morgan fingerprint density at radius 1 is 1.05 bits per heavy atom. The van der Waals surface area contributed by atoms with Crippen molar-refractivity contribution < 1.29 is 4.39 Å². The van der Waals surface area contributed by atoms with Crippen LogP contribution in [0.4, 0.5) is 4.39 Å². The van der Waals surface area contributed by atoms with Crippen molar-refractivity contribution in [2.45, 2.75) is 24.4 Å². The number of alkyl halides is 1. The largest absolute Gasteiger partial charge is 0.296 e. The second-order valence-corrected chi connectivity index (χ2v) is 5.49. The third-order valence-electron chi connectivity index (χ3n) is 4.59. The first-order chi connectivity index (χ1) is 9.35. The lowest BCUT2D eigenvalue weighted by Crippen LogP contribution is -2.44. The predicted octanol–water partition coefficient (Wildman–Crippen LogP) is 3.49. The summed E-state index contributed by atoms with van der Waals surface area (Å²) in [7, 11) is 0. The molecule has 2 heterocycles. The number of rotatable bonds is 2. The summed E-state index contributed by atoms with van der Waals surface area (Å²) in [5.41, 5.74) is 4.91. The molecule has 4 rings (SSSR count). The molecule has 0 radical (unpaired) electrons. The standard InChI is InChI=1S/C17H16FN/c18-10-9-17-14-7-3-1-5-12(14)11-16(19-17)13-6-2-4-8-15(13)17/h1-8,16,19H,9-11H2/t16-,17+/m0/s1. The molecule has 0 unspecified atom stereocenters. The first kappa shape index (κ1) is 11.2. The number of halogens is 1. The summed E-state index contributed by atoms with van der Waals surface area (Å²) in [6, 6.07) is 17.3. The van der Waals surface area contributed by atoms with Crippen LogP contribution >= 0.6 is 0 Å². The molecule has 2 aliphatic rings. The molecule has 0 aliphatic carbocycles. The van der Waals surface area contributed by atoms with Crippen LogP contribution in [0.3, 0.4) is 0 Å². The van der Waals surface area contributed by atoms with Crippen molar-refractivity contribution in [3.63, 3.8) is 0 Å². The summed E-state index contributed by atoms with van der Waals surface area (Å²) in [6.07, 6.45) is 1.51. The maximum Gasteiger partial charge on any atom is 0.0918 e. The highest BCUT2D eigenvalue weighted by molar-refractivity contribution is 5.54. The minimum Gasteiger partial charge on any atom is -0.296 e. The van der Waals surface area contributed by atoms with Gasteiger partial charge < -0.3 is 0 Å². The van der Waals surface area contributed by atoms with Crippen LogP contribution in [-0.4, -0.2) is 6.67 Å². The van der Waals surface area contributed by atoms with Crippen LogP contribution in [0.15, 0.2) is 48.5 Å². The minimum absolute atomic E-state index is 0.303. The van der Waals surface area contributed by atoms with E-state index in [0.717, 1.165) is 6.42 Å². The lowest BCUT2D eigenvalue weighted by atomic mass is 9.78. The fourth-order valence-electron chi connectivity index (χ4n) is 3.84. The third kappa shape index (κ3) is 1.38. The van der Waals surface area contributed by atoms with Gasteiger partial charge in [0.25, 0.3) is 0 Å². The molecule has 0 amide bonds. The summed E-state index contributed by atoms with van der Waals surface area (Å²) in [6.45, 7) is -0.303.